The molecule has 0 saturated heterocycles. The van der Waals surface area contributed by atoms with Crippen LogP contribution in [0.2, 0.25) is 0 Å². The number of ether oxygens (including phenoxy) is 2. The standard InChI is InChI=1S/C14H20N2O5/c1-20-8-3-6-15(7-9-21-2)13-4-5-14(16(18)19)12(10-13)11-17/h4-5,10-11H,3,6-9H2,1-2H3. The van der Waals surface area contributed by atoms with E-state index in [0.717, 1.165) is 12.1 Å². The van der Waals surface area contributed by atoms with E-state index < -0.39 is 4.92 Å². The van der Waals surface area contributed by atoms with Crippen LogP contribution in [0.3, 0.4) is 0 Å². The van der Waals surface area contributed by atoms with E-state index in [4.69, 9.17) is 9.47 Å². The van der Waals surface area contributed by atoms with Crippen molar-refractivity contribution in [2.45, 2.75) is 6.42 Å². The third kappa shape index (κ3) is 5.13. The number of carbonyl (C=O) groups is 1. The molecule has 0 aliphatic carbocycles. The van der Waals surface area contributed by atoms with Crippen molar-refractivity contribution in [2.24, 2.45) is 0 Å². The van der Waals surface area contributed by atoms with Gasteiger partial charge in [-0.2, -0.15) is 0 Å². The number of benzene rings is 1. The highest BCUT2D eigenvalue weighted by molar-refractivity contribution is 5.83. The van der Waals surface area contributed by atoms with Crippen LogP contribution in [0.5, 0.6) is 0 Å². The van der Waals surface area contributed by atoms with Gasteiger partial charge in [-0.25, -0.2) is 0 Å². The number of methoxy groups -OCH3 is 2. The molecule has 0 N–H and O–H groups in total. The zero-order valence-corrected chi connectivity index (χ0v) is 12.3. The van der Waals surface area contributed by atoms with Crippen LogP contribution < -0.4 is 4.90 Å². The van der Waals surface area contributed by atoms with Gasteiger partial charge in [-0.15, -0.1) is 0 Å². The number of nitro benzene ring substituents is 1. The van der Waals surface area contributed by atoms with Gasteiger partial charge in [0.2, 0.25) is 0 Å². The minimum absolute atomic E-state index is 0.0756. The van der Waals surface area contributed by atoms with Gasteiger partial charge in [0.1, 0.15) is 0 Å². The van der Waals surface area contributed by atoms with E-state index in [1.807, 2.05) is 4.90 Å². The van der Waals surface area contributed by atoms with Crippen molar-refractivity contribution < 1.29 is 19.2 Å². The molecule has 0 fully saturated rings. The summed E-state index contributed by atoms with van der Waals surface area (Å²) in [6, 6.07) is 4.54. The molecule has 0 aliphatic rings. The van der Waals surface area contributed by atoms with Crippen molar-refractivity contribution in [3.05, 3.63) is 33.9 Å². The first kappa shape index (κ1) is 17.1. The van der Waals surface area contributed by atoms with E-state index in [1.54, 1.807) is 20.3 Å². The Kier molecular flexibility index (Phi) is 7.34. The summed E-state index contributed by atoms with van der Waals surface area (Å²) < 4.78 is 10.1. The molecule has 21 heavy (non-hydrogen) atoms. The summed E-state index contributed by atoms with van der Waals surface area (Å²) in [7, 11) is 3.25. The molecule has 0 heterocycles. The maximum Gasteiger partial charge on any atom is 0.280 e. The van der Waals surface area contributed by atoms with Gasteiger partial charge in [0.25, 0.3) is 5.69 Å². The summed E-state index contributed by atoms with van der Waals surface area (Å²) in [5.74, 6) is 0. The molecular formula is C14H20N2O5. The normalized spacial score (nSPS) is 10.4. The summed E-state index contributed by atoms with van der Waals surface area (Å²) in [5.41, 5.74) is 0.653. The van der Waals surface area contributed by atoms with Gasteiger partial charge in [0, 0.05) is 45.7 Å². The molecule has 1 aromatic carbocycles. The zero-order valence-electron chi connectivity index (χ0n) is 12.3. The van der Waals surface area contributed by atoms with Crippen LogP contribution in [-0.2, 0) is 9.47 Å². The van der Waals surface area contributed by atoms with E-state index in [9.17, 15) is 14.9 Å². The molecule has 7 heteroatoms. The van der Waals surface area contributed by atoms with Crippen LogP contribution in [0.1, 0.15) is 16.8 Å². The fourth-order valence-electron chi connectivity index (χ4n) is 1.97. The largest absolute Gasteiger partial charge is 0.385 e. The molecule has 1 rings (SSSR count). The second kappa shape index (κ2) is 9.04. The fourth-order valence-corrected chi connectivity index (χ4v) is 1.97. The number of hydrogen-bond acceptors (Lipinski definition) is 6. The van der Waals surface area contributed by atoms with E-state index in [1.165, 1.54) is 12.1 Å². The van der Waals surface area contributed by atoms with Gasteiger partial charge < -0.3 is 14.4 Å². The summed E-state index contributed by atoms with van der Waals surface area (Å²) in [5, 5.41) is 10.8. The van der Waals surface area contributed by atoms with Crippen molar-refractivity contribution in [3.63, 3.8) is 0 Å². The van der Waals surface area contributed by atoms with Crippen LogP contribution in [0.25, 0.3) is 0 Å². The predicted molar refractivity (Wildman–Crippen MR) is 79.1 cm³/mol. The third-order valence-corrected chi connectivity index (χ3v) is 3.04. The smallest absolute Gasteiger partial charge is 0.280 e. The Balaban J connectivity index is 2.94. The molecule has 7 nitrogen and oxygen atoms in total. The molecule has 0 bridgehead atoms. The van der Waals surface area contributed by atoms with Gasteiger partial charge in [-0.1, -0.05) is 0 Å². The minimum Gasteiger partial charge on any atom is -0.385 e. The van der Waals surface area contributed by atoms with Crippen molar-refractivity contribution in [1.29, 1.82) is 0 Å². The predicted octanol–water partition coefficient (Wildman–Crippen LogP) is 1.90. The summed E-state index contributed by atoms with van der Waals surface area (Å²) >= 11 is 0. The summed E-state index contributed by atoms with van der Waals surface area (Å²) in [4.78, 5) is 23.3. The first-order chi connectivity index (χ1) is 10.1. The van der Waals surface area contributed by atoms with Crippen LogP contribution in [0, 0.1) is 10.1 Å². The number of anilines is 1. The molecule has 0 radical (unpaired) electrons. The zero-order chi connectivity index (χ0) is 15.7. The number of nitrogens with zero attached hydrogens (tertiary/aromatic N) is 2. The van der Waals surface area contributed by atoms with Crippen molar-refractivity contribution in [2.75, 3.05) is 45.4 Å². The Morgan fingerprint density at radius 2 is 1.95 bits per heavy atom. The van der Waals surface area contributed by atoms with E-state index >= 15 is 0 Å². The molecule has 0 atom stereocenters. The lowest BCUT2D eigenvalue weighted by molar-refractivity contribution is -0.385. The first-order valence-corrected chi connectivity index (χ1v) is 6.60. The average Bonchev–Trinajstić information content (AvgIpc) is 2.50. The lowest BCUT2D eigenvalue weighted by atomic mass is 10.1. The van der Waals surface area contributed by atoms with Crippen molar-refractivity contribution in [1.82, 2.24) is 0 Å². The lowest BCUT2D eigenvalue weighted by Gasteiger charge is -2.24. The number of aldehydes is 1. The van der Waals surface area contributed by atoms with Gasteiger partial charge in [0.05, 0.1) is 17.1 Å². The quantitative estimate of drug-likeness (QED) is 0.284. The van der Waals surface area contributed by atoms with E-state index in [-0.39, 0.29) is 11.3 Å². The Hall–Kier alpha value is -1.99. The average molecular weight is 296 g/mol. The number of carbonyl (C=O) groups excluding carboxylic acids is 1. The highest BCUT2D eigenvalue weighted by atomic mass is 16.6. The van der Waals surface area contributed by atoms with Crippen LogP contribution >= 0.6 is 0 Å². The van der Waals surface area contributed by atoms with Gasteiger partial charge in [-0.3, -0.25) is 14.9 Å². The second-order valence-corrected chi connectivity index (χ2v) is 4.44. The Bertz CT molecular complexity index is 478. The molecule has 0 saturated carbocycles. The topological polar surface area (TPSA) is 81.9 Å². The third-order valence-electron chi connectivity index (χ3n) is 3.04. The van der Waals surface area contributed by atoms with E-state index in [2.05, 4.69) is 0 Å². The Morgan fingerprint density at radius 3 is 2.52 bits per heavy atom. The molecular weight excluding hydrogens is 276 g/mol. The SMILES string of the molecule is COCCCN(CCOC)c1ccc([N+](=O)[O-])c(C=O)c1. The minimum atomic E-state index is -0.558. The van der Waals surface area contributed by atoms with E-state index in [0.29, 0.717) is 32.6 Å². The van der Waals surface area contributed by atoms with Gasteiger partial charge >= 0.3 is 0 Å². The number of hydrogen-bond donors (Lipinski definition) is 0. The Morgan fingerprint density at radius 1 is 1.24 bits per heavy atom. The maximum absolute atomic E-state index is 11.0. The number of rotatable bonds is 10. The fraction of sp³-hybridized carbons (Fsp3) is 0.500. The monoisotopic (exact) mass is 296 g/mol. The molecule has 0 spiro atoms. The highest BCUT2D eigenvalue weighted by Gasteiger charge is 2.16. The van der Waals surface area contributed by atoms with Crippen molar-refractivity contribution >= 4 is 17.7 Å². The lowest BCUT2D eigenvalue weighted by Crippen LogP contribution is -2.29. The maximum atomic E-state index is 11.0. The molecule has 1 aromatic rings. The van der Waals surface area contributed by atoms with Crippen LogP contribution in [-0.4, -0.2) is 51.7 Å². The summed E-state index contributed by atoms with van der Waals surface area (Å²) in [6.07, 6.45) is 1.32. The molecule has 0 aromatic heterocycles. The molecule has 0 aliphatic heterocycles. The highest BCUT2D eigenvalue weighted by Crippen LogP contribution is 2.24. The second-order valence-electron chi connectivity index (χ2n) is 4.44. The Labute approximate surface area is 123 Å². The van der Waals surface area contributed by atoms with Crippen molar-refractivity contribution in [3.8, 4) is 0 Å². The molecule has 0 unspecified atom stereocenters. The number of nitro groups is 1. The summed E-state index contributed by atoms with van der Waals surface area (Å²) in [6.45, 7) is 2.50. The van der Waals surface area contributed by atoms with Gasteiger partial charge in [-0.05, 0) is 18.6 Å². The van der Waals surface area contributed by atoms with Gasteiger partial charge in [0.15, 0.2) is 6.29 Å². The molecule has 0 amide bonds. The van der Waals surface area contributed by atoms with Crippen LogP contribution in [0.15, 0.2) is 18.2 Å². The first-order valence-electron chi connectivity index (χ1n) is 6.60. The van der Waals surface area contributed by atoms with Crippen LogP contribution in [0.4, 0.5) is 11.4 Å². The molecule has 116 valence electrons.